The fraction of sp³-hybridized carbons (Fsp3) is 1.00. The molecule has 0 aromatic rings. The van der Waals surface area contributed by atoms with Gasteiger partial charge in [-0.3, -0.25) is 4.90 Å². The molecule has 1 heterocycles. The summed E-state index contributed by atoms with van der Waals surface area (Å²) in [5, 5.41) is 0. The van der Waals surface area contributed by atoms with Crippen molar-refractivity contribution in [3.8, 4) is 0 Å². The third kappa shape index (κ3) is 6.68. The summed E-state index contributed by atoms with van der Waals surface area (Å²) in [6.45, 7) is 9.02. The summed E-state index contributed by atoms with van der Waals surface area (Å²) >= 11 is 0. The molecule has 1 aliphatic heterocycles. The number of sulfonamides is 1. The molecule has 108 valence electrons. The molecule has 0 radical (unpaired) electrons. The molecule has 1 fully saturated rings. The summed E-state index contributed by atoms with van der Waals surface area (Å²) in [5.41, 5.74) is 0. The average molecular weight is 278 g/mol. The Morgan fingerprint density at radius 3 is 2.61 bits per heavy atom. The number of hydrogen-bond acceptors (Lipinski definition) is 4. The quantitative estimate of drug-likeness (QED) is 0.709. The minimum atomic E-state index is -3.07. The van der Waals surface area contributed by atoms with Crippen molar-refractivity contribution < 1.29 is 13.2 Å². The van der Waals surface area contributed by atoms with Crippen LogP contribution in [-0.2, 0) is 14.8 Å². The van der Waals surface area contributed by atoms with E-state index in [0.29, 0.717) is 12.5 Å². The van der Waals surface area contributed by atoms with Gasteiger partial charge in [-0.15, -0.1) is 0 Å². The summed E-state index contributed by atoms with van der Waals surface area (Å²) in [6.07, 6.45) is 1.64. The van der Waals surface area contributed by atoms with Gasteiger partial charge in [-0.1, -0.05) is 20.3 Å². The smallest absolute Gasteiger partial charge is 0.211 e. The zero-order valence-corrected chi connectivity index (χ0v) is 12.3. The van der Waals surface area contributed by atoms with E-state index >= 15 is 0 Å². The lowest BCUT2D eigenvalue weighted by Gasteiger charge is -2.29. The van der Waals surface area contributed by atoms with Crippen molar-refractivity contribution in [3.63, 3.8) is 0 Å². The van der Waals surface area contributed by atoms with Crippen molar-refractivity contribution in [2.24, 2.45) is 5.92 Å². The highest BCUT2D eigenvalue weighted by atomic mass is 32.2. The van der Waals surface area contributed by atoms with Gasteiger partial charge >= 0.3 is 0 Å². The van der Waals surface area contributed by atoms with Crippen LogP contribution in [0.2, 0.25) is 0 Å². The lowest BCUT2D eigenvalue weighted by Crippen LogP contribution is -2.41. The Hall–Kier alpha value is -0.170. The summed E-state index contributed by atoms with van der Waals surface area (Å²) in [7, 11) is -3.07. The molecule has 0 bridgehead atoms. The van der Waals surface area contributed by atoms with Crippen LogP contribution in [0.1, 0.15) is 26.7 Å². The van der Waals surface area contributed by atoms with E-state index in [-0.39, 0.29) is 5.75 Å². The van der Waals surface area contributed by atoms with Crippen molar-refractivity contribution >= 4 is 10.0 Å². The molecule has 1 aliphatic rings. The zero-order valence-electron chi connectivity index (χ0n) is 11.5. The molecule has 0 aromatic heterocycles. The first-order chi connectivity index (χ1) is 8.53. The monoisotopic (exact) mass is 278 g/mol. The number of rotatable bonds is 8. The zero-order chi connectivity index (χ0) is 13.4. The number of unbranched alkanes of at least 4 members (excludes halogenated alkanes) is 1. The highest BCUT2D eigenvalue weighted by Gasteiger charge is 2.16. The van der Waals surface area contributed by atoms with Gasteiger partial charge in [-0.05, 0) is 12.3 Å². The molecule has 5 nitrogen and oxygen atoms in total. The summed E-state index contributed by atoms with van der Waals surface area (Å²) in [6, 6.07) is 0. The molecule has 1 saturated heterocycles. The van der Waals surface area contributed by atoms with Crippen LogP contribution in [0.4, 0.5) is 0 Å². The Morgan fingerprint density at radius 1 is 1.33 bits per heavy atom. The second-order valence-corrected chi connectivity index (χ2v) is 6.97. The second kappa shape index (κ2) is 8.09. The average Bonchev–Trinajstić information content (AvgIpc) is 2.36. The van der Waals surface area contributed by atoms with E-state index in [1.807, 2.05) is 6.92 Å². The first-order valence-electron chi connectivity index (χ1n) is 6.81. The molecule has 18 heavy (non-hydrogen) atoms. The largest absolute Gasteiger partial charge is 0.379 e. The van der Waals surface area contributed by atoms with Crippen molar-refractivity contribution in [2.75, 3.05) is 45.1 Å². The summed E-state index contributed by atoms with van der Waals surface area (Å²) in [5.74, 6) is 0.577. The Balaban J connectivity index is 2.21. The SMILES string of the molecule is CCCCS(=O)(=O)NCC(C)CN1CCOCC1. The van der Waals surface area contributed by atoms with Crippen LogP contribution < -0.4 is 4.72 Å². The normalized spacial score (nSPS) is 19.9. The minimum Gasteiger partial charge on any atom is -0.379 e. The predicted octanol–water partition coefficient (Wildman–Crippen LogP) is 0.674. The van der Waals surface area contributed by atoms with E-state index in [0.717, 1.165) is 45.7 Å². The number of hydrogen-bond donors (Lipinski definition) is 1. The maximum absolute atomic E-state index is 11.6. The van der Waals surface area contributed by atoms with Crippen LogP contribution in [-0.4, -0.2) is 58.5 Å². The Labute approximate surface area is 111 Å². The van der Waals surface area contributed by atoms with Gasteiger partial charge in [0.05, 0.1) is 19.0 Å². The number of ether oxygens (including phenoxy) is 1. The van der Waals surface area contributed by atoms with Gasteiger partial charge < -0.3 is 4.74 Å². The molecule has 0 spiro atoms. The lowest BCUT2D eigenvalue weighted by atomic mass is 10.1. The van der Waals surface area contributed by atoms with E-state index in [1.165, 1.54) is 0 Å². The van der Waals surface area contributed by atoms with Gasteiger partial charge in [0.2, 0.25) is 10.0 Å². The minimum absolute atomic E-state index is 0.244. The first kappa shape index (κ1) is 15.9. The highest BCUT2D eigenvalue weighted by Crippen LogP contribution is 2.03. The molecule has 1 N–H and O–H groups in total. The summed E-state index contributed by atoms with van der Waals surface area (Å²) < 4.78 is 31.3. The van der Waals surface area contributed by atoms with Gasteiger partial charge in [-0.25, -0.2) is 13.1 Å². The van der Waals surface area contributed by atoms with Crippen molar-refractivity contribution in [1.29, 1.82) is 0 Å². The maximum Gasteiger partial charge on any atom is 0.211 e. The second-order valence-electron chi connectivity index (χ2n) is 5.04. The van der Waals surface area contributed by atoms with Crippen LogP contribution in [0, 0.1) is 5.92 Å². The molecule has 1 unspecified atom stereocenters. The van der Waals surface area contributed by atoms with E-state index in [9.17, 15) is 8.42 Å². The molecule has 6 heteroatoms. The van der Waals surface area contributed by atoms with Gasteiger partial charge in [0.25, 0.3) is 0 Å². The Morgan fingerprint density at radius 2 is 2.00 bits per heavy atom. The van der Waals surface area contributed by atoms with Crippen LogP contribution in [0.25, 0.3) is 0 Å². The highest BCUT2D eigenvalue weighted by molar-refractivity contribution is 7.89. The number of nitrogens with one attached hydrogen (secondary N) is 1. The fourth-order valence-electron chi connectivity index (χ4n) is 1.96. The van der Waals surface area contributed by atoms with E-state index in [1.54, 1.807) is 0 Å². The van der Waals surface area contributed by atoms with Crippen LogP contribution in [0.3, 0.4) is 0 Å². The molecular formula is C12H26N2O3S. The lowest BCUT2D eigenvalue weighted by molar-refractivity contribution is 0.0321. The topological polar surface area (TPSA) is 58.6 Å². The molecule has 1 rings (SSSR count). The van der Waals surface area contributed by atoms with Crippen molar-refractivity contribution in [3.05, 3.63) is 0 Å². The molecule has 0 aromatic carbocycles. The molecule has 0 saturated carbocycles. The van der Waals surface area contributed by atoms with Crippen molar-refractivity contribution in [2.45, 2.75) is 26.7 Å². The van der Waals surface area contributed by atoms with Crippen molar-refractivity contribution in [1.82, 2.24) is 9.62 Å². The van der Waals surface area contributed by atoms with Gasteiger partial charge in [-0.2, -0.15) is 0 Å². The van der Waals surface area contributed by atoms with Crippen LogP contribution in [0.15, 0.2) is 0 Å². The van der Waals surface area contributed by atoms with Crippen LogP contribution in [0.5, 0.6) is 0 Å². The maximum atomic E-state index is 11.6. The molecule has 1 atom stereocenters. The van der Waals surface area contributed by atoms with Crippen LogP contribution >= 0.6 is 0 Å². The van der Waals surface area contributed by atoms with Gasteiger partial charge in [0.15, 0.2) is 0 Å². The number of nitrogens with zero attached hydrogens (tertiary/aromatic N) is 1. The molecule has 0 aliphatic carbocycles. The van der Waals surface area contributed by atoms with Gasteiger partial charge in [0.1, 0.15) is 0 Å². The molecule has 0 amide bonds. The Bertz CT molecular complexity index is 313. The fourth-order valence-corrected chi connectivity index (χ4v) is 3.32. The standard InChI is InChI=1S/C12H26N2O3S/c1-3-4-9-18(15,16)13-10-12(2)11-14-5-7-17-8-6-14/h12-13H,3-11H2,1-2H3. The third-order valence-corrected chi connectivity index (χ3v) is 4.52. The van der Waals surface area contributed by atoms with E-state index < -0.39 is 10.0 Å². The summed E-state index contributed by atoms with van der Waals surface area (Å²) in [4.78, 5) is 2.33. The van der Waals surface area contributed by atoms with E-state index in [2.05, 4.69) is 16.5 Å². The molecular weight excluding hydrogens is 252 g/mol. The van der Waals surface area contributed by atoms with Gasteiger partial charge in [0, 0.05) is 26.2 Å². The third-order valence-electron chi connectivity index (χ3n) is 3.09. The number of morpholine rings is 1. The predicted molar refractivity (Wildman–Crippen MR) is 73.1 cm³/mol. The Kier molecular flexibility index (Phi) is 7.14. The van der Waals surface area contributed by atoms with E-state index in [4.69, 9.17) is 4.74 Å². The first-order valence-corrected chi connectivity index (χ1v) is 8.46.